The fraction of sp³-hybridized carbons (Fsp3) is 0.133. The summed E-state index contributed by atoms with van der Waals surface area (Å²) in [5.74, 6) is -1.04. The SMILES string of the molecule is N#CCC(=O)Nc1ccccc1OCc1ccc(C(=O)O)o1. The Morgan fingerprint density at radius 3 is 2.73 bits per heavy atom. The maximum atomic E-state index is 11.4. The summed E-state index contributed by atoms with van der Waals surface area (Å²) in [5.41, 5.74) is 0.424. The van der Waals surface area contributed by atoms with Crippen LogP contribution in [-0.2, 0) is 11.4 Å². The molecular weight excluding hydrogens is 288 g/mol. The summed E-state index contributed by atoms with van der Waals surface area (Å²) in [6.07, 6.45) is -0.255. The van der Waals surface area contributed by atoms with E-state index in [0.29, 0.717) is 17.2 Å². The fourth-order valence-corrected chi connectivity index (χ4v) is 1.68. The second-order valence-corrected chi connectivity index (χ2v) is 4.24. The summed E-state index contributed by atoms with van der Waals surface area (Å²) in [5, 5.41) is 19.8. The molecule has 112 valence electrons. The van der Waals surface area contributed by atoms with Gasteiger partial charge < -0.3 is 19.6 Å². The second-order valence-electron chi connectivity index (χ2n) is 4.24. The van der Waals surface area contributed by atoms with Crippen molar-refractivity contribution in [3.05, 3.63) is 47.9 Å². The number of benzene rings is 1. The van der Waals surface area contributed by atoms with Gasteiger partial charge in [-0.05, 0) is 24.3 Å². The minimum absolute atomic E-state index is 0.0123. The number of nitrogens with zero attached hydrogens (tertiary/aromatic N) is 1. The molecule has 2 aromatic rings. The fourth-order valence-electron chi connectivity index (χ4n) is 1.68. The van der Waals surface area contributed by atoms with E-state index >= 15 is 0 Å². The third-order valence-electron chi connectivity index (χ3n) is 2.64. The van der Waals surface area contributed by atoms with Crippen LogP contribution in [0, 0.1) is 11.3 Å². The summed E-state index contributed by atoms with van der Waals surface area (Å²) >= 11 is 0. The number of ether oxygens (including phenoxy) is 1. The van der Waals surface area contributed by atoms with E-state index in [2.05, 4.69) is 5.32 Å². The smallest absolute Gasteiger partial charge is 0.371 e. The zero-order valence-electron chi connectivity index (χ0n) is 11.4. The molecule has 7 heteroatoms. The highest BCUT2D eigenvalue weighted by Gasteiger charge is 2.11. The number of hydrogen-bond donors (Lipinski definition) is 2. The van der Waals surface area contributed by atoms with Crippen LogP contribution in [0.1, 0.15) is 22.7 Å². The van der Waals surface area contributed by atoms with Gasteiger partial charge in [-0.2, -0.15) is 5.26 Å². The highest BCUT2D eigenvalue weighted by atomic mass is 16.5. The Balaban J connectivity index is 2.04. The van der Waals surface area contributed by atoms with E-state index in [1.165, 1.54) is 12.1 Å². The molecule has 0 bridgehead atoms. The summed E-state index contributed by atoms with van der Waals surface area (Å²) < 4.78 is 10.6. The average molecular weight is 300 g/mol. The van der Waals surface area contributed by atoms with Gasteiger partial charge in [0.1, 0.15) is 24.5 Å². The van der Waals surface area contributed by atoms with Gasteiger partial charge in [-0.25, -0.2) is 4.79 Å². The molecule has 0 radical (unpaired) electrons. The predicted molar refractivity (Wildman–Crippen MR) is 75.3 cm³/mol. The Hall–Kier alpha value is -3.27. The van der Waals surface area contributed by atoms with E-state index in [4.69, 9.17) is 19.5 Å². The molecule has 22 heavy (non-hydrogen) atoms. The standard InChI is InChI=1S/C15H12N2O5/c16-8-7-14(18)17-11-3-1-2-4-12(11)21-9-10-5-6-13(22-10)15(19)20/h1-6H,7,9H2,(H,17,18)(H,19,20). The predicted octanol–water partition coefficient (Wildman–Crippen LogP) is 2.41. The lowest BCUT2D eigenvalue weighted by Crippen LogP contribution is -2.11. The first-order valence-electron chi connectivity index (χ1n) is 6.31. The van der Waals surface area contributed by atoms with Crippen LogP contribution in [0.2, 0.25) is 0 Å². The van der Waals surface area contributed by atoms with Crippen molar-refractivity contribution in [1.82, 2.24) is 0 Å². The molecule has 2 N–H and O–H groups in total. The largest absolute Gasteiger partial charge is 0.483 e. The van der Waals surface area contributed by atoms with Gasteiger partial charge in [-0.15, -0.1) is 0 Å². The lowest BCUT2D eigenvalue weighted by atomic mass is 10.3. The van der Waals surface area contributed by atoms with E-state index in [-0.39, 0.29) is 18.8 Å². The maximum absolute atomic E-state index is 11.4. The summed E-state index contributed by atoms with van der Waals surface area (Å²) in [6.45, 7) is 0.0123. The quantitative estimate of drug-likeness (QED) is 0.847. The lowest BCUT2D eigenvalue weighted by molar-refractivity contribution is -0.115. The Labute approximate surface area is 125 Å². The van der Waals surface area contributed by atoms with Crippen molar-refractivity contribution in [2.24, 2.45) is 0 Å². The number of rotatable bonds is 6. The molecule has 0 unspecified atom stereocenters. The summed E-state index contributed by atoms with van der Waals surface area (Å²) in [4.78, 5) is 22.2. The van der Waals surface area contributed by atoms with Crippen molar-refractivity contribution >= 4 is 17.6 Å². The van der Waals surface area contributed by atoms with E-state index in [1.54, 1.807) is 30.3 Å². The van der Waals surface area contributed by atoms with Gasteiger partial charge in [0.2, 0.25) is 11.7 Å². The highest BCUT2D eigenvalue weighted by Crippen LogP contribution is 2.25. The summed E-state index contributed by atoms with van der Waals surface area (Å²) in [6, 6.07) is 11.3. The second kappa shape index (κ2) is 6.95. The average Bonchev–Trinajstić information content (AvgIpc) is 2.96. The van der Waals surface area contributed by atoms with Gasteiger partial charge in [-0.1, -0.05) is 12.1 Å². The maximum Gasteiger partial charge on any atom is 0.371 e. The minimum Gasteiger partial charge on any atom is -0.483 e. The van der Waals surface area contributed by atoms with Crippen molar-refractivity contribution in [2.75, 3.05) is 5.32 Å². The number of aromatic carboxylic acids is 1. The summed E-state index contributed by atoms with van der Waals surface area (Å²) in [7, 11) is 0. The molecule has 1 heterocycles. The zero-order valence-corrected chi connectivity index (χ0v) is 11.4. The monoisotopic (exact) mass is 300 g/mol. The van der Waals surface area contributed by atoms with Crippen molar-refractivity contribution in [3.63, 3.8) is 0 Å². The van der Waals surface area contributed by atoms with Crippen LogP contribution in [0.25, 0.3) is 0 Å². The van der Waals surface area contributed by atoms with Crippen LogP contribution >= 0.6 is 0 Å². The zero-order chi connectivity index (χ0) is 15.9. The van der Waals surface area contributed by atoms with E-state index in [0.717, 1.165) is 0 Å². The number of nitriles is 1. The van der Waals surface area contributed by atoms with Gasteiger partial charge in [0, 0.05) is 0 Å². The van der Waals surface area contributed by atoms with Gasteiger partial charge in [0.15, 0.2) is 0 Å². The molecule has 1 aromatic heterocycles. The molecule has 0 saturated heterocycles. The van der Waals surface area contributed by atoms with E-state index in [9.17, 15) is 9.59 Å². The van der Waals surface area contributed by atoms with E-state index < -0.39 is 11.9 Å². The Morgan fingerprint density at radius 2 is 2.05 bits per heavy atom. The number of furan rings is 1. The molecule has 2 rings (SSSR count). The molecule has 0 aliphatic carbocycles. The normalized spacial score (nSPS) is 9.77. The number of hydrogen-bond acceptors (Lipinski definition) is 5. The number of nitrogens with one attached hydrogen (secondary N) is 1. The van der Waals surface area contributed by atoms with Crippen LogP contribution < -0.4 is 10.1 Å². The number of carboxylic acids is 1. The Kier molecular flexibility index (Phi) is 4.78. The highest BCUT2D eigenvalue weighted by molar-refractivity contribution is 5.93. The molecule has 0 spiro atoms. The lowest BCUT2D eigenvalue weighted by Gasteiger charge is -2.10. The number of anilines is 1. The minimum atomic E-state index is -1.16. The first-order valence-corrected chi connectivity index (χ1v) is 6.31. The third kappa shape index (κ3) is 3.86. The van der Waals surface area contributed by atoms with Gasteiger partial charge in [-0.3, -0.25) is 4.79 Å². The van der Waals surface area contributed by atoms with E-state index in [1.807, 2.05) is 0 Å². The number of carbonyl (C=O) groups excluding carboxylic acids is 1. The van der Waals surface area contributed by atoms with Gasteiger partial charge in [0.05, 0.1) is 11.8 Å². The van der Waals surface area contributed by atoms with Crippen LogP contribution in [0.4, 0.5) is 5.69 Å². The van der Waals surface area contributed by atoms with Gasteiger partial charge >= 0.3 is 5.97 Å². The first-order chi connectivity index (χ1) is 10.6. The third-order valence-corrected chi connectivity index (χ3v) is 2.64. The van der Waals surface area contributed by atoms with Crippen LogP contribution in [0.3, 0.4) is 0 Å². The van der Waals surface area contributed by atoms with Crippen molar-refractivity contribution in [1.29, 1.82) is 5.26 Å². The molecule has 1 amide bonds. The number of para-hydroxylation sites is 2. The number of carbonyl (C=O) groups is 2. The molecule has 0 aliphatic heterocycles. The van der Waals surface area contributed by atoms with Crippen molar-refractivity contribution < 1.29 is 23.8 Å². The molecule has 0 fully saturated rings. The van der Waals surface area contributed by atoms with Crippen LogP contribution in [0.5, 0.6) is 5.75 Å². The first kappa shape index (κ1) is 15.1. The number of carboxylic acid groups (broad SMARTS) is 1. The molecule has 1 aromatic carbocycles. The Morgan fingerprint density at radius 1 is 1.27 bits per heavy atom. The molecule has 0 aliphatic rings. The van der Waals surface area contributed by atoms with Crippen molar-refractivity contribution in [3.8, 4) is 11.8 Å². The molecule has 0 saturated carbocycles. The van der Waals surface area contributed by atoms with Gasteiger partial charge in [0.25, 0.3) is 0 Å². The molecule has 0 atom stereocenters. The van der Waals surface area contributed by atoms with Crippen LogP contribution in [0.15, 0.2) is 40.8 Å². The topological polar surface area (TPSA) is 113 Å². The Bertz CT molecular complexity index is 730. The number of amides is 1. The molecular formula is C15H12N2O5. The molecule has 7 nitrogen and oxygen atoms in total. The van der Waals surface area contributed by atoms with Crippen molar-refractivity contribution in [2.45, 2.75) is 13.0 Å². The van der Waals surface area contributed by atoms with Crippen LogP contribution in [-0.4, -0.2) is 17.0 Å².